The average molecular weight is 196 g/mol. The molecule has 0 radical (unpaired) electrons. The Labute approximate surface area is 84.0 Å². The zero-order chi connectivity index (χ0) is 10.6. The van der Waals surface area contributed by atoms with Crippen LogP contribution in [0.5, 0.6) is 0 Å². The summed E-state index contributed by atoms with van der Waals surface area (Å²) in [6.45, 7) is 7.13. The minimum absolute atomic E-state index is 0.142. The molecule has 4 heteroatoms. The maximum Gasteiger partial charge on any atom is 0.246 e. The largest absolute Gasteiger partial charge is 0.351 e. The topological polar surface area (TPSA) is 49.4 Å². The summed E-state index contributed by atoms with van der Waals surface area (Å²) in [5.41, 5.74) is 0.498. The molecule has 0 bridgehead atoms. The highest BCUT2D eigenvalue weighted by Gasteiger charge is 2.19. The van der Waals surface area contributed by atoms with Crippen LogP contribution in [0.25, 0.3) is 0 Å². The van der Waals surface area contributed by atoms with Gasteiger partial charge in [-0.3, -0.25) is 9.59 Å². The van der Waals surface area contributed by atoms with Crippen LogP contribution in [-0.4, -0.2) is 36.3 Å². The van der Waals surface area contributed by atoms with Gasteiger partial charge in [0.2, 0.25) is 11.8 Å². The van der Waals surface area contributed by atoms with Gasteiger partial charge in [-0.1, -0.05) is 6.58 Å². The van der Waals surface area contributed by atoms with Gasteiger partial charge in [-0.25, -0.2) is 0 Å². The zero-order valence-electron chi connectivity index (χ0n) is 8.51. The molecule has 0 aliphatic carbocycles. The van der Waals surface area contributed by atoms with E-state index < -0.39 is 0 Å². The summed E-state index contributed by atoms with van der Waals surface area (Å²) in [5, 5.41) is 2.70. The lowest BCUT2D eigenvalue weighted by atomic mass is 10.3. The number of nitrogens with zero attached hydrogens (tertiary/aromatic N) is 1. The molecule has 1 aliphatic rings. The lowest BCUT2D eigenvalue weighted by Gasteiger charge is -2.15. The van der Waals surface area contributed by atoms with E-state index in [4.69, 9.17) is 0 Å². The number of hydrogen-bond donors (Lipinski definition) is 1. The monoisotopic (exact) mass is 196 g/mol. The van der Waals surface area contributed by atoms with E-state index in [9.17, 15) is 9.59 Å². The molecule has 1 N–H and O–H groups in total. The minimum Gasteiger partial charge on any atom is -0.351 e. The van der Waals surface area contributed by atoms with Gasteiger partial charge >= 0.3 is 0 Å². The van der Waals surface area contributed by atoms with Gasteiger partial charge in [0, 0.05) is 31.6 Å². The van der Waals surface area contributed by atoms with E-state index >= 15 is 0 Å². The Morgan fingerprint density at radius 1 is 1.64 bits per heavy atom. The quantitative estimate of drug-likeness (QED) is 0.657. The number of nitrogens with one attached hydrogen (secondary N) is 1. The first kappa shape index (κ1) is 10.8. The van der Waals surface area contributed by atoms with E-state index in [1.807, 2.05) is 0 Å². The summed E-state index contributed by atoms with van der Waals surface area (Å²) in [6, 6.07) is 0. The summed E-state index contributed by atoms with van der Waals surface area (Å²) in [5.74, 6) is 0.0474. The fourth-order valence-corrected chi connectivity index (χ4v) is 1.40. The molecule has 0 saturated carbocycles. The van der Waals surface area contributed by atoms with E-state index in [0.717, 1.165) is 13.0 Å². The van der Waals surface area contributed by atoms with Crippen LogP contribution in [0.4, 0.5) is 0 Å². The predicted octanol–water partition coefficient (Wildman–Crippen LogP) is 0.301. The second kappa shape index (κ2) is 4.79. The van der Waals surface area contributed by atoms with E-state index in [1.54, 1.807) is 11.8 Å². The van der Waals surface area contributed by atoms with Crippen LogP contribution in [0.1, 0.15) is 19.8 Å². The first-order valence-electron chi connectivity index (χ1n) is 4.82. The summed E-state index contributed by atoms with van der Waals surface area (Å²) in [6.07, 6.45) is 1.59. The molecular weight excluding hydrogens is 180 g/mol. The molecule has 1 saturated heterocycles. The molecule has 0 spiro atoms. The van der Waals surface area contributed by atoms with Crippen molar-refractivity contribution in [2.24, 2.45) is 0 Å². The van der Waals surface area contributed by atoms with Crippen LogP contribution in [-0.2, 0) is 9.59 Å². The van der Waals surface area contributed by atoms with Crippen molar-refractivity contribution >= 4 is 11.8 Å². The van der Waals surface area contributed by atoms with Crippen LogP contribution in [0.15, 0.2) is 12.2 Å². The van der Waals surface area contributed by atoms with Crippen molar-refractivity contribution in [3.63, 3.8) is 0 Å². The number of amides is 2. The molecule has 4 nitrogen and oxygen atoms in total. The summed E-state index contributed by atoms with van der Waals surface area (Å²) < 4.78 is 0. The van der Waals surface area contributed by atoms with Crippen LogP contribution in [0, 0.1) is 0 Å². The first-order valence-corrected chi connectivity index (χ1v) is 4.82. The van der Waals surface area contributed by atoms with Crippen LogP contribution < -0.4 is 5.32 Å². The summed E-state index contributed by atoms with van der Waals surface area (Å²) >= 11 is 0. The van der Waals surface area contributed by atoms with Crippen molar-refractivity contribution < 1.29 is 9.59 Å². The molecule has 1 fully saturated rings. The Hall–Kier alpha value is -1.32. The predicted molar refractivity (Wildman–Crippen MR) is 53.6 cm³/mol. The lowest BCUT2D eigenvalue weighted by molar-refractivity contribution is -0.128. The molecule has 0 aromatic heterocycles. The van der Waals surface area contributed by atoms with Crippen molar-refractivity contribution in [2.45, 2.75) is 19.8 Å². The highest BCUT2D eigenvalue weighted by molar-refractivity contribution is 5.92. The molecule has 14 heavy (non-hydrogen) atoms. The number of carbonyl (C=O) groups is 2. The summed E-state index contributed by atoms with van der Waals surface area (Å²) in [7, 11) is 0. The highest BCUT2D eigenvalue weighted by atomic mass is 16.2. The van der Waals surface area contributed by atoms with Crippen LogP contribution >= 0.6 is 0 Å². The first-order chi connectivity index (χ1) is 6.61. The fourth-order valence-electron chi connectivity index (χ4n) is 1.40. The molecule has 78 valence electrons. The van der Waals surface area contributed by atoms with Gasteiger partial charge in [0.05, 0.1) is 0 Å². The minimum atomic E-state index is -0.142. The lowest BCUT2D eigenvalue weighted by Crippen LogP contribution is -2.35. The Kier molecular flexibility index (Phi) is 3.68. The molecule has 1 aliphatic heterocycles. The fraction of sp³-hybridized carbons (Fsp3) is 0.600. The highest BCUT2D eigenvalue weighted by Crippen LogP contribution is 2.07. The van der Waals surface area contributed by atoms with Gasteiger partial charge in [-0.05, 0) is 13.3 Å². The Bertz CT molecular complexity index is 261. The van der Waals surface area contributed by atoms with E-state index in [2.05, 4.69) is 11.9 Å². The van der Waals surface area contributed by atoms with Gasteiger partial charge in [0.15, 0.2) is 0 Å². The Morgan fingerprint density at radius 3 is 2.86 bits per heavy atom. The molecule has 0 aromatic carbocycles. The molecule has 1 rings (SSSR count). The second-order valence-electron chi connectivity index (χ2n) is 3.52. The molecule has 2 amide bonds. The Balaban J connectivity index is 2.18. The molecule has 0 atom stereocenters. The van der Waals surface area contributed by atoms with Gasteiger partial charge in [0.1, 0.15) is 0 Å². The molecule has 1 heterocycles. The number of likely N-dealkylation sites (tertiary alicyclic amines) is 1. The maximum absolute atomic E-state index is 11.2. The van der Waals surface area contributed by atoms with Gasteiger partial charge in [-0.15, -0.1) is 0 Å². The third kappa shape index (κ3) is 2.87. The number of carbonyl (C=O) groups excluding carboxylic acids is 2. The normalized spacial score (nSPS) is 15.8. The smallest absolute Gasteiger partial charge is 0.246 e. The molecule has 0 aromatic rings. The average Bonchev–Trinajstić information content (AvgIpc) is 2.51. The van der Waals surface area contributed by atoms with Gasteiger partial charge in [0.25, 0.3) is 0 Å². The van der Waals surface area contributed by atoms with Crippen molar-refractivity contribution in [1.29, 1.82) is 0 Å². The zero-order valence-corrected chi connectivity index (χ0v) is 8.51. The second-order valence-corrected chi connectivity index (χ2v) is 3.52. The third-order valence-electron chi connectivity index (χ3n) is 2.23. The van der Waals surface area contributed by atoms with E-state index in [1.165, 1.54) is 0 Å². The van der Waals surface area contributed by atoms with E-state index in [0.29, 0.717) is 25.1 Å². The van der Waals surface area contributed by atoms with Gasteiger partial charge < -0.3 is 10.2 Å². The van der Waals surface area contributed by atoms with Crippen LogP contribution in [0.3, 0.4) is 0 Å². The SMILES string of the molecule is C=C(C)C(=O)NCCN1CCCC1=O. The number of hydrogen-bond acceptors (Lipinski definition) is 2. The van der Waals surface area contributed by atoms with Gasteiger partial charge in [-0.2, -0.15) is 0 Å². The number of rotatable bonds is 4. The van der Waals surface area contributed by atoms with Crippen molar-refractivity contribution in [3.8, 4) is 0 Å². The van der Waals surface area contributed by atoms with Crippen molar-refractivity contribution in [1.82, 2.24) is 10.2 Å². The van der Waals surface area contributed by atoms with Crippen LogP contribution in [0.2, 0.25) is 0 Å². The van der Waals surface area contributed by atoms with E-state index in [-0.39, 0.29) is 11.8 Å². The molecule has 0 unspecified atom stereocenters. The van der Waals surface area contributed by atoms with Crippen molar-refractivity contribution in [2.75, 3.05) is 19.6 Å². The summed E-state index contributed by atoms with van der Waals surface area (Å²) in [4.78, 5) is 24.0. The maximum atomic E-state index is 11.2. The Morgan fingerprint density at radius 2 is 2.36 bits per heavy atom. The standard InChI is InChI=1S/C10H16N2O2/c1-8(2)10(14)11-5-7-12-6-3-4-9(12)13/h1,3-7H2,2H3,(H,11,14). The van der Waals surface area contributed by atoms with Crippen molar-refractivity contribution in [3.05, 3.63) is 12.2 Å². The third-order valence-corrected chi connectivity index (χ3v) is 2.23. The molecular formula is C10H16N2O2.